The molecule has 1 aliphatic carbocycles. The summed E-state index contributed by atoms with van der Waals surface area (Å²) >= 11 is 0. The molecule has 0 aromatic heterocycles. The van der Waals surface area contributed by atoms with Gasteiger partial charge in [-0.1, -0.05) is 13.8 Å². The lowest BCUT2D eigenvalue weighted by Crippen LogP contribution is -2.32. The van der Waals surface area contributed by atoms with Crippen LogP contribution in [0.5, 0.6) is 0 Å². The SMILES string of the molecule is CC(C)CCS(=O)CC(O)CNC1CC1. The number of nitrogens with one attached hydrogen (secondary N) is 1. The maximum absolute atomic E-state index is 11.5. The monoisotopic (exact) mass is 233 g/mol. The van der Waals surface area contributed by atoms with Crippen molar-refractivity contribution in [3.05, 3.63) is 0 Å². The highest BCUT2D eigenvalue weighted by atomic mass is 32.2. The molecule has 0 spiro atoms. The Kier molecular flexibility index (Phi) is 5.79. The maximum atomic E-state index is 11.5. The summed E-state index contributed by atoms with van der Waals surface area (Å²) in [6.07, 6.45) is 2.99. The van der Waals surface area contributed by atoms with Gasteiger partial charge in [-0.05, 0) is 25.2 Å². The Labute approximate surface area is 95.1 Å². The van der Waals surface area contributed by atoms with Crippen LogP contribution in [-0.4, -0.2) is 39.5 Å². The van der Waals surface area contributed by atoms with Crippen LogP contribution in [0.25, 0.3) is 0 Å². The first-order valence-corrected chi connectivity index (χ1v) is 7.33. The van der Waals surface area contributed by atoms with Gasteiger partial charge in [-0.15, -0.1) is 0 Å². The third-order valence-corrected chi connectivity index (χ3v) is 3.97. The number of hydrogen-bond acceptors (Lipinski definition) is 3. The van der Waals surface area contributed by atoms with Crippen LogP contribution >= 0.6 is 0 Å². The lowest BCUT2D eigenvalue weighted by Gasteiger charge is -2.11. The Bertz CT molecular complexity index is 205. The molecule has 1 saturated carbocycles. The molecule has 1 fully saturated rings. The van der Waals surface area contributed by atoms with E-state index >= 15 is 0 Å². The topological polar surface area (TPSA) is 49.3 Å². The van der Waals surface area contributed by atoms with Crippen LogP contribution in [0.1, 0.15) is 33.1 Å². The van der Waals surface area contributed by atoms with Gasteiger partial charge >= 0.3 is 0 Å². The van der Waals surface area contributed by atoms with Gasteiger partial charge in [-0.2, -0.15) is 0 Å². The van der Waals surface area contributed by atoms with Crippen LogP contribution in [0.15, 0.2) is 0 Å². The Balaban J connectivity index is 2.01. The van der Waals surface area contributed by atoms with Crippen LogP contribution in [-0.2, 0) is 10.8 Å². The van der Waals surface area contributed by atoms with Crippen LogP contribution in [0.3, 0.4) is 0 Å². The first kappa shape index (κ1) is 13.1. The third kappa shape index (κ3) is 7.03. The molecule has 0 aromatic carbocycles. The molecule has 0 aromatic rings. The van der Waals surface area contributed by atoms with E-state index < -0.39 is 16.9 Å². The second-order valence-corrected chi connectivity index (χ2v) is 6.45. The second-order valence-electron chi connectivity index (χ2n) is 4.83. The second kappa shape index (κ2) is 6.61. The van der Waals surface area contributed by atoms with Crippen molar-refractivity contribution >= 4 is 10.8 Å². The summed E-state index contributed by atoms with van der Waals surface area (Å²) in [6, 6.07) is 0.615. The molecule has 0 amide bonds. The Morgan fingerprint density at radius 3 is 2.67 bits per heavy atom. The zero-order chi connectivity index (χ0) is 11.3. The average Bonchev–Trinajstić information content (AvgIpc) is 2.95. The van der Waals surface area contributed by atoms with Crippen molar-refractivity contribution in [3.63, 3.8) is 0 Å². The molecule has 0 aliphatic heterocycles. The van der Waals surface area contributed by atoms with Crippen molar-refractivity contribution in [1.82, 2.24) is 5.32 Å². The van der Waals surface area contributed by atoms with E-state index in [9.17, 15) is 9.32 Å². The Morgan fingerprint density at radius 1 is 1.47 bits per heavy atom. The molecule has 0 saturated heterocycles. The zero-order valence-electron chi connectivity index (χ0n) is 9.74. The summed E-state index contributed by atoms with van der Waals surface area (Å²) in [7, 11) is -0.855. The van der Waals surface area contributed by atoms with Crippen LogP contribution < -0.4 is 5.32 Å². The fourth-order valence-electron chi connectivity index (χ4n) is 1.31. The fourth-order valence-corrected chi connectivity index (χ4v) is 2.76. The normalized spacial score (nSPS) is 20.5. The summed E-state index contributed by atoms with van der Waals surface area (Å²) in [6.45, 7) is 4.85. The highest BCUT2D eigenvalue weighted by Crippen LogP contribution is 2.18. The van der Waals surface area contributed by atoms with E-state index in [2.05, 4.69) is 19.2 Å². The van der Waals surface area contributed by atoms with Gasteiger partial charge < -0.3 is 10.4 Å². The number of rotatable bonds is 8. The van der Waals surface area contributed by atoms with E-state index in [0.717, 1.165) is 12.2 Å². The molecule has 90 valence electrons. The quantitative estimate of drug-likeness (QED) is 0.655. The molecule has 15 heavy (non-hydrogen) atoms. The molecule has 2 unspecified atom stereocenters. The van der Waals surface area contributed by atoms with Crippen molar-refractivity contribution in [2.45, 2.75) is 45.3 Å². The van der Waals surface area contributed by atoms with Crippen molar-refractivity contribution in [2.24, 2.45) is 5.92 Å². The summed E-state index contributed by atoms with van der Waals surface area (Å²) in [5, 5.41) is 12.8. The number of hydrogen-bond donors (Lipinski definition) is 2. The number of aliphatic hydroxyl groups is 1. The standard InChI is InChI=1S/C11H23NO2S/c1-9(2)5-6-15(14)8-11(13)7-12-10-3-4-10/h9-13H,3-8H2,1-2H3. The third-order valence-electron chi connectivity index (χ3n) is 2.52. The highest BCUT2D eigenvalue weighted by Gasteiger charge is 2.21. The molecule has 3 nitrogen and oxygen atoms in total. The minimum Gasteiger partial charge on any atom is -0.391 e. The van der Waals surface area contributed by atoms with Gasteiger partial charge in [-0.3, -0.25) is 4.21 Å². The predicted molar refractivity (Wildman–Crippen MR) is 64.4 cm³/mol. The van der Waals surface area contributed by atoms with Crippen molar-refractivity contribution < 1.29 is 9.32 Å². The molecule has 2 atom stereocenters. The molecule has 4 heteroatoms. The molecular formula is C11H23NO2S. The molecule has 1 rings (SSSR count). The molecule has 0 bridgehead atoms. The van der Waals surface area contributed by atoms with Crippen molar-refractivity contribution in [2.75, 3.05) is 18.1 Å². The van der Waals surface area contributed by atoms with Gasteiger partial charge in [0.15, 0.2) is 0 Å². The van der Waals surface area contributed by atoms with Crippen LogP contribution in [0.2, 0.25) is 0 Å². The first-order valence-electron chi connectivity index (χ1n) is 5.84. The molecule has 0 heterocycles. The molecule has 0 radical (unpaired) electrons. The Morgan fingerprint density at radius 2 is 2.13 bits per heavy atom. The summed E-state index contributed by atoms with van der Waals surface area (Å²) in [5.74, 6) is 1.74. The number of aliphatic hydroxyl groups excluding tert-OH is 1. The van der Waals surface area contributed by atoms with E-state index in [4.69, 9.17) is 0 Å². The van der Waals surface area contributed by atoms with E-state index in [-0.39, 0.29) is 0 Å². The minimum absolute atomic E-state index is 0.423. The lowest BCUT2D eigenvalue weighted by atomic mass is 10.2. The fraction of sp³-hybridized carbons (Fsp3) is 1.00. The van der Waals surface area contributed by atoms with Gasteiger partial charge in [0.2, 0.25) is 0 Å². The van der Waals surface area contributed by atoms with Crippen molar-refractivity contribution in [1.29, 1.82) is 0 Å². The van der Waals surface area contributed by atoms with Crippen molar-refractivity contribution in [3.8, 4) is 0 Å². The highest BCUT2D eigenvalue weighted by molar-refractivity contribution is 7.85. The van der Waals surface area contributed by atoms with Crippen LogP contribution in [0, 0.1) is 5.92 Å². The average molecular weight is 233 g/mol. The van der Waals surface area contributed by atoms with Gasteiger partial charge in [0, 0.05) is 29.1 Å². The summed E-state index contributed by atoms with van der Waals surface area (Å²) < 4.78 is 11.5. The van der Waals surface area contributed by atoms with E-state index in [1.165, 1.54) is 12.8 Å². The minimum atomic E-state index is -0.855. The molecule has 2 N–H and O–H groups in total. The van der Waals surface area contributed by atoms with E-state index in [1.807, 2.05) is 0 Å². The van der Waals surface area contributed by atoms with E-state index in [1.54, 1.807) is 0 Å². The van der Waals surface area contributed by atoms with Crippen LogP contribution in [0.4, 0.5) is 0 Å². The summed E-state index contributed by atoms with van der Waals surface area (Å²) in [5.41, 5.74) is 0. The summed E-state index contributed by atoms with van der Waals surface area (Å²) in [4.78, 5) is 0. The first-order chi connectivity index (χ1) is 7.08. The smallest absolute Gasteiger partial charge is 0.0779 e. The molecule has 1 aliphatic rings. The van der Waals surface area contributed by atoms with E-state index in [0.29, 0.717) is 24.3 Å². The zero-order valence-corrected chi connectivity index (χ0v) is 10.6. The Hall–Kier alpha value is 0.0700. The largest absolute Gasteiger partial charge is 0.391 e. The van der Waals surface area contributed by atoms with Gasteiger partial charge in [0.1, 0.15) is 0 Å². The van der Waals surface area contributed by atoms with Gasteiger partial charge in [0.05, 0.1) is 11.9 Å². The molecular weight excluding hydrogens is 210 g/mol. The van der Waals surface area contributed by atoms with Gasteiger partial charge in [-0.25, -0.2) is 0 Å². The van der Waals surface area contributed by atoms with Gasteiger partial charge in [0.25, 0.3) is 0 Å². The predicted octanol–water partition coefficient (Wildman–Crippen LogP) is 0.894. The maximum Gasteiger partial charge on any atom is 0.0779 e. The lowest BCUT2D eigenvalue weighted by molar-refractivity contribution is 0.194.